The van der Waals surface area contributed by atoms with Crippen LogP contribution in [0.5, 0.6) is 0 Å². The first-order valence-corrected chi connectivity index (χ1v) is 21.6. The molecule has 334 valence electrons. The van der Waals surface area contributed by atoms with Crippen molar-refractivity contribution in [2.24, 2.45) is 0 Å². The lowest BCUT2D eigenvalue weighted by atomic mass is 9.81. The van der Waals surface area contributed by atoms with E-state index >= 15 is 0 Å². The molecule has 0 spiro atoms. The molecule has 0 amide bonds. The molecule has 5 rings (SSSR count). The van der Waals surface area contributed by atoms with Gasteiger partial charge in [-0.25, -0.2) is 14.4 Å². The molecule has 0 saturated carbocycles. The lowest BCUT2D eigenvalue weighted by molar-refractivity contribution is -0.137. The Balaban J connectivity index is 0.000000502. The van der Waals surface area contributed by atoms with Gasteiger partial charge in [-0.3, -0.25) is 4.79 Å². The largest absolute Gasteiger partial charge is 0.464 e. The molecule has 59 heavy (non-hydrogen) atoms. The highest BCUT2D eigenvalue weighted by Gasteiger charge is 2.43. The number of carbonyl (C=O) groups is 4. The molecule has 4 saturated heterocycles. The fourth-order valence-electron chi connectivity index (χ4n) is 11.2. The SMILES string of the molecule is CC1(C)CC(OC=O)CC(C)(C)N1.Cc1cc(C(=O)OC2CC(C)(C)NC(C)(C)C2)c(C(=O)OC2CC(C)(C)NC(C)(C)C2)cc1C(=O)OC1CC(C)(C)NC(C)(C)C1. The first-order valence-electron chi connectivity index (χ1n) is 21.6. The Morgan fingerprint density at radius 2 is 0.678 bits per heavy atom. The summed E-state index contributed by atoms with van der Waals surface area (Å²) in [5.41, 5.74) is -0.371. The summed E-state index contributed by atoms with van der Waals surface area (Å²) in [5, 5.41) is 14.4. The van der Waals surface area contributed by atoms with E-state index in [1.807, 2.05) is 0 Å². The van der Waals surface area contributed by atoms with E-state index in [4.69, 9.17) is 18.9 Å². The van der Waals surface area contributed by atoms with Gasteiger partial charge in [0.2, 0.25) is 0 Å². The lowest BCUT2D eigenvalue weighted by Crippen LogP contribution is -2.60. The second kappa shape index (κ2) is 17.0. The molecule has 0 atom stereocenters. The maximum absolute atomic E-state index is 14.0. The van der Waals surface area contributed by atoms with Crippen molar-refractivity contribution in [3.63, 3.8) is 0 Å². The molecule has 12 heteroatoms. The zero-order valence-electron chi connectivity index (χ0n) is 39.5. The average molecular weight is 827 g/mol. The molecule has 0 aromatic heterocycles. The summed E-state index contributed by atoms with van der Waals surface area (Å²) < 4.78 is 23.3. The van der Waals surface area contributed by atoms with Crippen LogP contribution in [-0.2, 0) is 23.7 Å². The summed E-state index contributed by atoms with van der Waals surface area (Å²) in [6.45, 7) is 36.0. The Labute approximate surface area is 355 Å². The summed E-state index contributed by atoms with van der Waals surface area (Å²) in [6.07, 6.45) is 4.62. The highest BCUT2D eigenvalue weighted by molar-refractivity contribution is 6.06. The normalized spacial score (nSPS) is 25.6. The third-order valence-electron chi connectivity index (χ3n) is 11.7. The Kier molecular flexibility index (Phi) is 14.0. The average Bonchev–Trinajstić information content (AvgIpc) is 2.94. The standard InChI is InChI=1S/C37H59N3O6.C10H19NO2/c1-22-14-27(30(42)45-24-18-34(6,7)39-35(8,9)19-24)28(31(43)46-25-20-36(10,11)40-37(12,13)21-25)15-26(22)29(41)44-23-16-32(2,3)38-33(4,5)17-23;1-9(2)5-8(13-7-12)6-10(3,4)11-9/h14-15,23-25,38-40H,16-21H2,1-13H3;7-8,11H,5-6H2,1-4H3. The van der Waals surface area contributed by atoms with Crippen LogP contribution in [0.2, 0.25) is 0 Å². The molecule has 0 bridgehead atoms. The van der Waals surface area contributed by atoms with Gasteiger partial charge in [-0.2, -0.15) is 0 Å². The van der Waals surface area contributed by atoms with E-state index in [1.54, 1.807) is 13.0 Å². The van der Waals surface area contributed by atoms with Crippen LogP contribution >= 0.6 is 0 Å². The summed E-state index contributed by atoms with van der Waals surface area (Å²) in [6, 6.07) is 3.06. The van der Waals surface area contributed by atoms with Crippen molar-refractivity contribution in [3.05, 3.63) is 34.4 Å². The van der Waals surface area contributed by atoms with Crippen LogP contribution in [0.25, 0.3) is 0 Å². The van der Waals surface area contributed by atoms with Gasteiger partial charge < -0.3 is 40.2 Å². The zero-order chi connectivity index (χ0) is 44.8. The molecule has 1 aromatic carbocycles. The van der Waals surface area contributed by atoms with Gasteiger partial charge in [0.05, 0.1) is 16.7 Å². The van der Waals surface area contributed by atoms with Gasteiger partial charge in [-0.1, -0.05) is 0 Å². The lowest BCUT2D eigenvalue weighted by Gasteiger charge is -2.46. The number of aryl methyl sites for hydroxylation is 1. The maximum Gasteiger partial charge on any atom is 0.339 e. The first kappa shape index (κ1) is 48.6. The molecule has 0 unspecified atom stereocenters. The van der Waals surface area contributed by atoms with Crippen molar-refractivity contribution in [2.75, 3.05) is 0 Å². The highest BCUT2D eigenvalue weighted by Crippen LogP contribution is 2.35. The summed E-state index contributed by atoms with van der Waals surface area (Å²) in [7, 11) is 0. The van der Waals surface area contributed by atoms with Gasteiger partial charge in [0.1, 0.15) is 24.4 Å². The second-order valence-electron chi connectivity index (χ2n) is 23.4. The maximum atomic E-state index is 14.0. The van der Waals surface area contributed by atoms with E-state index < -0.39 is 17.9 Å². The van der Waals surface area contributed by atoms with Gasteiger partial charge in [0.15, 0.2) is 0 Å². The van der Waals surface area contributed by atoms with E-state index in [2.05, 4.69) is 132 Å². The summed E-state index contributed by atoms with van der Waals surface area (Å²) in [4.78, 5) is 51.8. The van der Waals surface area contributed by atoms with Gasteiger partial charge in [-0.15, -0.1) is 0 Å². The molecule has 4 aliphatic rings. The number of ether oxygens (including phenoxy) is 4. The van der Waals surface area contributed by atoms with E-state index in [1.165, 1.54) is 6.07 Å². The van der Waals surface area contributed by atoms with Gasteiger partial charge in [0.25, 0.3) is 6.47 Å². The number of nitrogens with one attached hydrogen (secondary N) is 4. The van der Waals surface area contributed by atoms with E-state index in [0.717, 1.165) is 12.8 Å². The molecule has 12 nitrogen and oxygen atoms in total. The fourth-order valence-corrected chi connectivity index (χ4v) is 11.2. The van der Waals surface area contributed by atoms with Crippen molar-refractivity contribution in [1.29, 1.82) is 0 Å². The van der Waals surface area contributed by atoms with Crippen LogP contribution in [0.1, 0.15) is 199 Å². The fraction of sp³-hybridized carbons (Fsp3) is 0.787. The molecule has 1 aromatic rings. The minimum atomic E-state index is -0.644. The van der Waals surface area contributed by atoms with Crippen LogP contribution in [-0.4, -0.2) is 93.1 Å². The van der Waals surface area contributed by atoms with E-state index in [-0.39, 0.29) is 85.4 Å². The monoisotopic (exact) mass is 827 g/mol. The Bertz CT molecular complexity index is 1660. The molecule has 4 heterocycles. The minimum absolute atomic E-state index is 0.0233. The van der Waals surface area contributed by atoms with Crippen LogP contribution < -0.4 is 21.3 Å². The van der Waals surface area contributed by atoms with Gasteiger partial charge >= 0.3 is 17.9 Å². The third-order valence-corrected chi connectivity index (χ3v) is 11.7. The number of hydrogen-bond acceptors (Lipinski definition) is 12. The number of benzene rings is 1. The van der Waals surface area contributed by atoms with Crippen LogP contribution in [0, 0.1) is 6.92 Å². The number of esters is 3. The summed E-state index contributed by atoms with van der Waals surface area (Å²) >= 11 is 0. The van der Waals surface area contributed by atoms with Crippen molar-refractivity contribution in [3.8, 4) is 0 Å². The molecule has 0 radical (unpaired) electrons. The number of hydrogen-bond donors (Lipinski definition) is 4. The molecular weight excluding hydrogens is 749 g/mol. The van der Waals surface area contributed by atoms with Crippen molar-refractivity contribution in [1.82, 2.24) is 21.3 Å². The van der Waals surface area contributed by atoms with Gasteiger partial charge in [-0.05, 0) is 135 Å². The van der Waals surface area contributed by atoms with Crippen LogP contribution in [0.3, 0.4) is 0 Å². The molecule has 4 N–H and O–H groups in total. The van der Waals surface area contributed by atoms with Crippen molar-refractivity contribution >= 4 is 24.4 Å². The summed E-state index contributed by atoms with van der Waals surface area (Å²) in [5.74, 6) is -1.76. The minimum Gasteiger partial charge on any atom is -0.464 e. The number of piperidine rings is 4. The topological polar surface area (TPSA) is 153 Å². The zero-order valence-corrected chi connectivity index (χ0v) is 39.5. The molecule has 4 fully saturated rings. The third kappa shape index (κ3) is 14.3. The van der Waals surface area contributed by atoms with Crippen LogP contribution in [0.4, 0.5) is 0 Å². The first-order chi connectivity index (χ1) is 26.6. The smallest absolute Gasteiger partial charge is 0.339 e. The van der Waals surface area contributed by atoms with Gasteiger partial charge in [0, 0.05) is 95.7 Å². The van der Waals surface area contributed by atoms with Crippen LogP contribution in [0.15, 0.2) is 12.1 Å². The molecule has 0 aliphatic carbocycles. The van der Waals surface area contributed by atoms with Crippen molar-refractivity contribution < 1.29 is 38.1 Å². The quantitative estimate of drug-likeness (QED) is 0.115. The second-order valence-corrected chi connectivity index (χ2v) is 23.4. The van der Waals surface area contributed by atoms with E-state index in [9.17, 15) is 19.2 Å². The Morgan fingerprint density at radius 1 is 0.441 bits per heavy atom. The van der Waals surface area contributed by atoms with E-state index in [0.29, 0.717) is 50.6 Å². The van der Waals surface area contributed by atoms with Crippen molar-refractivity contribution in [2.45, 2.75) is 238 Å². The highest BCUT2D eigenvalue weighted by atomic mass is 16.6. The Morgan fingerprint density at radius 3 is 0.949 bits per heavy atom. The Hall–Kier alpha value is -3.06. The molecular formula is C47H78N4O8. The predicted octanol–water partition coefficient (Wildman–Crippen LogP) is 7.86. The number of carbonyl (C=O) groups excluding carboxylic acids is 4. The predicted molar refractivity (Wildman–Crippen MR) is 232 cm³/mol. The number of rotatable bonds is 8. The molecule has 4 aliphatic heterocycles.